The molecule has 1 aliphatic carbocycles. The third kappa shape index (κ3) is 2.86. The van der Waals surface area contributed by atoms with Gasteiger partial charge in [-0.3, -0.25) is 0 Å². The van der Waals surface area contributed by atoms with E-state index in [0.717, 1.165) is 12.8 Å². The number of carbonyl (C=O) groups excluding carboxylic acids is 1. The smallest absolute Gasteiger partial charge is 0.337 e. The van der Waals surface area contributed by atoms with Gasteiger partial charge in [0.05, 0.1) is 12.7 Å². The van der Waals surface area contributed by atoms with Crippen LogP contribution in [-0.2, 0) is 11.2 Å². The molecule has 0 N–H and O–H groups in total. The molecule has 2 aromatic rings. The minimum absolute atomic E-state index is 0.248. The SMILES string of the molecule is COC(=O)c1cc(C)c2c(c1)CCC2c1ccc(C)c(C(C)C)c1. The van der Waals surface area contributed by atoms with Crippen LogP contribution in [0.5, 0.6) is 0 Å². The van der Waals surface area contributed by atoms with Crippen molar-refractivity contribution in [1.82, 2.24) is 0 Å². The molecule has 2 nitrogen and oxygen atoms in total. The average Bonchev–Trinajstić information content (AvgIpc) is 2.98. The fourth-order valence-corrected chi connectivity index (χ4v) is 4.09. The fraction of sp³-hybridized carbons (Fsp3) is 0.409. The predicted octanol–water partition coefficient (Wildman–Crippen LogP) is 5.29. The highest BCUT2D eigenvalue weighted by Crippen LogP contribution is 2.41. The molecule has 1 atom stereocenters. The highest BCUT2D eigenvalue weighted by molar-refractivity contribution is 5.90. The van der Waals surface area contributed by atoms with Gasteiger partial charge >= 0.3 is 5.97 Å². The van der Waals surface area contributed by atoms with E-state index in [2.05, 4.69) is 45.9 Å². The second kappa shape index (κ2) is 6.43. The van der Waals surface area contributed by atoms with Crippen LogP contribution < -0.4 is 0 Å². The van der Waals surface area contributed by atoms with Crippen molar-refractivity contribution in [3.05, 3.63) is 69.3 Å². The molecule has 0 fully saturated rings. The molecule has 2 aromatic carbocycles. The van der Waals surface area contributed by atoms with Crippen molar-refractivity contribution in [1.29, 1.82) is 0 Å². The molecule has 0 saturated carbocycles. The predicted molar refractivity (Wildman–Crippen MR) is 98.0 cm³/mol. The molecule has 3 rings (SSSR count). The molecule has 0 spiro atoms. The summed E-state index contributed by atoms with van der Waals surface area (Å²) in [6.45, 7) is 8.81. The number of rotatable bonds is 3. The van der Waals surface area contributed by atoms with Crippen molar-refractivity contribution in [2.24, 2.45) is 0 Å². The van der Waals surface area contributed by atoms with E-state index in [1.54, 1.807) is 0 Å². The Morgan fingerprint density at radius 2 is 1.88 bits per heavy atom. The van der Waals surface area contributed by atoms with Crippen molar-refractivity contribution in [3.63, 3.8) is 0 Å². The minimum atomic E-state index is -0.248. The molecule has 0 heterocycles. The first-order valence-corrected chi connectivity index (χ1v) is 8.74. The van der Waals surface area contributed by atoms with Gasteiger partial charge in [0.1, 0.15) is 0 Å². The van der Waals surface area contributed by atoms with Gasteiger partial charge in [-0.1, -0.05) is 32.0 Å². The summed E-state index contributed by atoms with van der Waals surface area (Å²) < 4.78 is 4.88. The molecule has 2 heteroatoms. The van der Waals surface area contributed by atoms with Crippen molar-refractivity contribution in [3.8, 4) is 0 Å². The van der Waals surface area contributed by atoms with E-state index < -0.39 is 0 Å². The zero-order valence-electron chi connectivity index (χ0n) is 15.3. The number of benzene rings is 2. The van der Waals surface area contributed by atoms with Crippen LogP contribution >= 0.6 is 0 Å². The Kier molecular flexibility index (Phi) is 4.49. The number of hydrogen-bond acceptors (Lipinski definition) is 2. The van der Waals surface area contributed by atoms with Gasteiger partial charge in [0.15, 0.2) is 0 Å². The van der Waals surface area contributed by atoms with Gasteiger partial charge in [0, 0.05) is 5.92 Å². The lowest BCUT2D eigenvalue weighted by Crippen LogP contribution is -2.05. The first-order valence-electron chi connectivity index (χ1n) is 8.74. The monoisotopic (exact) mass is 322 g/mol. The van der Waals surface area contributed by atoms with E-state index >= 15 is 0 Å². The Labute approximate surface area is 144 Å². The average molecular weight is 322 g/mol. The summed E-state index contributed by atoms with van der Waals surface area (Å²) in [5.41, 5.74) is 8.77. The van der Waals surface area contributed by atoms with Crippen LogP contribution in [0.1, 0.15) is 75.8 Å². The molecule has 0 aromatic heterocycles. The zero-order valence-corrected chi connectivity index (χ0v) is 15.3. The van der Waals surface area contributed by atoms with Gasteiger partial charge in [-0.2, -0.15) is 0 Å². The highest BCUT2D eigenvalue weighted by Gasteiger charge is 2.27. The number of ether oxygens (including phenoxy) is 1. The number of carbonyl (C=O) groups is 1. The van der Waals surface area contributed by atoms with Crippen molar-refractivity contribution in [2.75, 3.05) is 7.11 Å². The fourth-order valence-electron chi connectivity index (χ4n) is 4.09. The molecule has 126 valence electrons. The molecule has 0 bridgehead atoms. The van der Waals surface area contributed by atoms with E-state index in [1.165, 1.54) is 40.5 Å². The summed E-state index contributed by atoms with van der Waals surface area (Å²) in [7, 11) is 1.44. The van der Waals surface area contributed by atoms with Crippen LogP contribution in [0.4, 0.5) is 0 Å². The lowest BCUT2D eigenvalue weighted by atomic mass is 9.86. The van der Waals surface area contributed by atoms with E-state index in [-0.39, 0.29) is 5.97 Å². The first-order chi connectivity index (χ1) is 11.4. The molecule has 0 radical (unpaired) electrons. The maximum absolute atomic E-state index is 11.9. The third-order valence-corrected chi connectivity index (χ3v) is 5.27. The van der Waals surface area contributed by atoms with Crippen molar-refractivity contribution >= 4 is 5.97 Å². The number of esters is 1. The molecular formula is C22H26O2. The van der Waals surface area contributed by atoms with Gasteiger partial charge in [0.2, 0.25) is 0 Å². The molecule has 0 aliphatic heterocycles. The van der Waals surface area contributed by atoms with Crippen LogP contribution in [0.15, 0.2) is 30.3 Å². The summed E-state index contributed by atoms with van der Waals surface area (Å²) in [6.07, 6.45) is 2.14. The Morgan fingerprint density at radius 1 is 1.12 bits per heavy atom. The standard InChI is InChI=1S/C22H26O2/c1-13(2)20-12-16(7-6-14(20)3)19-9-8-17-11-18(22(23)24-5)10-15(4)21(17)19/h6-7,10-13,19H,8-9H2,1-5H3. The van der Waals surface area contributed by atoms with Gasteiger partial charge in [-0.25, -0.2) is 4.79 Å². The second-order valence-corrected chi connectivity index (χ2v) is 7.22. The maximum Gasteiger partial charge on any atom is 0.337 e. The number of methoxy groups -OCH3 is 1. The van der Waals surface area contributed by atoms with E-state index in [4.69, 9.17) is 4.74 Å². The number of hydrogen-bond donors (Lipinski definition) is 0. The van der Waals surface area contributed by atoms with Crippen molar-refractivity contribution < 1.29 is 9.53 Å². The Morgan fingerprint density at radius 3 is 2.54 bits per heavy atom. The summed E-state index contributed by atoms with van der Waals surface area (Å²) in [5.74, 6) is 0.722. The molecule has 0 saturated heterocycles. The summed E-state index contributed by atoms with van der Waals surface area (Å²) in [5, 5.41) is 0. The highest BCUT2D eigenvalue weighted by atomic mass is 16.5. The van der Waals surface area contributed by atoms with Crippen LogP contribution in [0.25, 0.3) is 0 Å². The Hall–Kier alpha value is -2.09. The topological polar surface area (TPSA) is 26.3 Å². The first kappa shape index (κ1) is 16.8. The third-order valence-electron chi connectivity index (χ3n) is 5.27. The molecule has 1 unspecified atom stereocenters. The van der Waals surface area contributed by atoms with Gasteiger partial charge in [-0.05, 0) is 78.1 Å². The maximum atomic E-state index is 11.9. The second-order valence-electron chi connectivity index (χ2n) is 7.22. The zero-order chi connectivity index (χ0) is 17.4. The number of aryl methyl sites for hydroxylation is 3. The van der Waals surface area contributed by atoms with Crippen LogP contribution in [0.2, 0.25) is 0 Å². The summed E-state index contributed by atoms with van der Waals surface area (Å²) in [6, 6.07) is 10.9. The number of fused-ring (bicyclic) bond motifs is 1. The van der Waals surface area contributed by atoms with Crippen LogP contribution in [0.3, 0.4) is 0 Å². The van der Waals surface area contributed by atoms with Gasteiger partial charge in [0.25, 0.3) is 0 Å². The lowest BCUT2D eigenvalue weighted by molar-refractivity contribution is 0.0600. The molecule has 24 heavy (non-hydrogen) atoms. The molecule has 1 aliphatic rings. The largest absolute Gasteiger partial charge is 0.465 e. The van der Waals surface area contributed by atoms with E-state index in [9.17, 15) is 4.79 Å². The van der Waals surface area contributed by atoms with E-state index in [1.807, 2.05) is 12.1 Å². The normalized spacial score (nSPS) is 16.3. The lowest BCUT2D eigenvalue weighted by Gasteiger charge is -2.19. The van der Waals surface area contributed by atoms with Gasteiger partial charge in [-0.15, -0.1) is 0 Å². The quantitative estimate of drug-likeness (QED) is 0.718. The minimum Gasteiger partial charge on any atom is -0.465 e. The van der Waals surface area contributed by atoms with Crippen LogP contribution in [0, 0.1) is 13.8 Å². The summed E-state index contributed by atoms with van der Waals surface area (Å²) in [4.78, 5) is 11.9. The van der Waals surface area contributed by atoms with Crippen molar-refractivity contribution in [2.45, 2.75) is 52.4 Å². The van der Waals surface area contributed by atoms with E-state index in [0.29, 0.717) is 17.4 Å². The molecule has 0 amide bonds. The van der Waals surface area contributed by atoms with Crippen LogP contribution in [-0.4, -0.2) is 13.1 Å². The molecular weight excluding hydrogens is 296 g/mol. The summed E-state index contributed by atoms with van der Waals surface area (Å²) >= 11 is 0. The Balaban J connectivity index is 2.04. The van der Waals surface area contributed by atoms with Gasteiger partial charge < -0.3 is 4.74 Å². The Bertz CT molecular complexity index is 787.